The predicted octanol–water partition coefficient (Wildman–Crippen LogP) is 2.43. The summed E-state index contributed by atoms with van der Waals surface area (Å²) in [4.78, 5) is 2.38. The van der Waals surface area contributed by atoms with Gasteiger partial charge in [-0.25, -0.2) is 0 Å². The monoisotopic (exact) mass is 209 g/mol. The molecular formula is C13H23NO. The van der Waals surface area contributed by atoms with Crippen LogP contribution in [0.25, 0.3) is 0 Å². The third-order valence-electron chi connectivity index (χ3n) is 4.81. The van der Waals surface area contributed by atoms with Crippen LogP contribution in [0.15, 0.2) is 0 Å². The van der Waals surface area contributed by atoms with E-state index in [1.165, 1.54) is 38.5 Å². The normalized spacial score (nSPS) is 37.2. The van der Waals surface area contributed by atoms with E-state index in [1.54, 1.807) is 0 Å². The summed E-state index contributed by atoms with van der Waals surface area (Å²) in [5.74, 6) is 0.860. The highest BCUT2D eigenvalue weighted by molar-refractivity contribution is 5.11. The van der Waals surface area contributed by atoms with Crippen molar-refractivity contribution < 1.29 is 4.74 Å². The number of hydrogen-bond acceptors (Lipinski definition) is 2. The molecule has 2 aliphatic carbocycles. The van der Waals surface area contributed by atoms with Crippen LogP contribution in [0.3, 0.4) is 0 Å². The van der Waals surface area contributed by atoms with Gasteiger partial charge in [-0.15, -0.1) is 0 Å². The average molecular weight is 209 g/mol. The van der Waals surface area contributed by atoms with Crippen LogP contribution in [0.2, 0.25) is 0 Å². The van der Waals surface area contributed by atoms with E-state index in [-0.39, 0.29) is 0 Å². The van der Waals surface area contributed by atoms with Gasteiger partial charge in [0.1, 0.15) is 0 Å². The van der Waals surface area contributed by atoms with Crippen LogP contribution in [0, 0.1) is 5.92 Å². The molecule has 0 N–H and O–H groups in total. The van der Waals surface area contributed by atoms with Gasteiger partial charge in [0, 0.05) is 6.04 Å². The molecule has 0 unspecified atom stereocenters. The zero-order chi connectivity index (χ0) is 10.7. The third kappa shape index (κ3) is 1.72. The maximum atomic E-state index is 6.32. The van der Waals surface area contributed by atoms with Crippen LogP contribution in [0.1, 0.15) is 45.4 Å². The van der Waals surface area contributed by atoms with Crippen LogP contribution < -0.4 is 0 Å². The zero-order valence-corrected chi connectivity index (χ0v) is 10.3. The summed E-state index contributed by atoms with van der Waals surface area (Å²) in [5, 5.41) is 0. The van der Waals surface area contributed by atoms with Gasteiger partial charge >= 0.3 is 0 Å². The number of ether oxygens (including phenoxy) is 1. The first-order chi connectivity index (χ1) is 7.04. The Balaban J connectivity index is 1.73. The fraction of sp³-hybridized carbons (Fsp3) is 1.00. The molecule has 3 aliphatic rings. The molecule has 3 fully saturated rings. The SMILES string of the molecule is C[C@H](C1CC2(CC2)OC2(CC2)C1)N(C)C. The van der Waals surface area contributed by atoms with Crippen LogP contribution in [0.5, 0.6) is 0 Å². The molecule has 2 spiro atoms. The first-order valence-corrected chi connectivity index (χ1v) is 6.41. The van der Waals surface area contributed by atoms with Crippen LogP contribution in [0.4, 0.5) is 0 Å². The van der Waals surface area contributed by atoms with Gasteiger partial charge in [0.15, 0.2) is 0 Å². The molecule has 2 saturated carbocycles. The second kappa shape index (κ2) is 2.98. The highest BCUT2D eigenvalue weighted by Crippen LogP contribution is 2.60. The molecule has 0 radical (unpaired) electrons. The highest BCUT2D eigenvalue weighted by atomic mass is 16.5. The Kier molecular flexibility index (Phi) is 2.01. The van der Waals surface area contributed by atoms with E-state index >= 15 is 0 Å². The minimum Gasteiger partial charge on any atom is -0.369 e. The van der Waals surface area contributed by atoms with Gasteiger partial charge in [-0.2, -0.15) is 0 Å². The summed E-state index contributed by atoms with van der Waals surface area (Å²) < 4.78 is 6.32. The van der Waals surface area contributed by atoms with Crippen LogP contribution in [-0.4, -0.2) is 36.2 Å². The smallest absolute Gasteiger partial charge is 0.0695 e. The van der Waals surface area contributed by atoms with E-state index in [0.29, 0.717) is 17.2 Å². The Labute approximate surface area is 93.0 Å². The highest BCUT2D eigenvalue weighted by Gasteiger charge is 2.60. The molecule has 2 nitrogen and oxygen atoms in total. The lowest BCUT2D eigenvalue weighted by Crippen LogP contribution is -2.43. The zero-order valence-electron chi connectivity index (χ0n) is 10.3. The van der Waals surface area contributed by atoms with Gasteiger partial charge in [-0.3, -0.25) is 0 Å². The van der Waals surface area contributed by atoms with Crippen molar-refractivity contribution >= 4 is 0 Å². The van der Waals surface area contributed by atoms with Gasteiger partial charge < -0.3 is 9.64 Å². The summed E-state index contributed by atoms with van der Waals surface area (Å²) >= 11 is 0. The van der Waals surface area contributed by atoms with E-state index in [9.17, 15) is 0 Å². The number of rotatable bonds is 2. The largest absolute Gasteiger partial charge is 0.369 e. The molecule has 0 bridgehead atoms. The van der Waals surface area contributed by atoms with Crippen molar-refractivity contribution in [2.24, 2.45) is 5.92 Å². The summed E-state index contributed by atoms with van der Waals surface area (Å²) in [7, 11) is 4.42. The fourth-order valence-electron chi connectivity index (χ4n) is 3.22. The molecule has 3 rings (SSSR count). The van der Waals surface area contributed by atoms with E-state index in [1.807, 2.05) is 0 Å². The van der Waals surface area contributed by atoms with Gasteiger partial charge in [-0.1, -0.05) is 0 Å². The van der Waals surface area contributed by atoms with Crippen molar-refractivity contribution in [3.63, 3.8) is 0 Å². The van der Waals surface area contributed by atoms with E-state index in [0.717, 1.165) is 5.92 Å². The molecule has 86 valence electrons. The Morgan fingerprint density at radius 1 is 1.07 bits per heavy atom. The Bertz CT molecular complexity index is 246. The van der Waals surface area contributed by atoms with Crippen molar-refractivity contribution in [1.82, 2.24) is 4.90 Å². The lowest BCUT2D eigenvalue weighted by atomic mass is 9.83. The number of hydrogen-bond donors (Lipinski definition) is 0. The van der Waals surface area contributed by atoms with E-state index in [2.05, 4.69) is 25.9 Å². The van der Waals surface area contributed by atoms with Crippen molar-refractivity contribution in [2.45, 2.75) is 62.7 Å². The molecular weight excluding hydrogens is 186 g/mol. The van der Waals surface area contributed by atoms with E-state index < -0.39 is 0 Å². The first-order valence-electron chi connectivity index (χ1n) is 6.41. The minimum absolute atomic E-state index is 0.337. The molecule has 1 aliphatic heterocycles. The van der Waals surface area contributed by atoms with E-state index in [4.69, 9.17) is 4.74 Å². The molecule has 0 aromatic rings. The maximum Gasteiger partial charge on any atom is 0.0695 e. The van der Waals surface area contributed by atoms with Crippen molar-refractivity contribution in [3.05, 3.63) is 0 Å². The van der Waals surface area contributed by atoms with Gasteiger partial charge in [-0.05, 0) is 65.5 Å². The Hall–Kier alpha value is -0.0800. The molecule has 2 heteroatoms. The molecule has 1 saturated heterocycles. The van der Waals surface area contributed by atoms with Gasteiger partial charge in [0.25, 0.3) is 0 Å². The summed E-state index contributed by atoms with van der Waals surface area (Å²) in [5.41, 5.74) is 0.674. The topological polar surface area (TPSA) is 12.5 Å². The second-order valence-electron chi connectivity index (χ2n) is 6.34. The first kappa shape index (κ1) is 10.1. The Morgan fingerprint density at radius 3 is 1.87 bits per heavy atom. The molecule has 15 heavy (non-hydrogen) atoms. The van der Waals surface area contributed by atoms with Crippen LogP contribution in [-0.2, 0) is 4.74 Å². The second-order valence-corrected chi connectivity index (χ2v) is 6.34. The fourth-order valence-corrected chi connectivity index (χ4v) is 3.22. The van der Waals surface area contributed by atoms with Gasteiger partial charge in [0.2, 0.25) is 0 Å². The summed E-state index contributed by atoms with van der Waals surface area (Å²) in [6.07, 6.45) is 7.93. The predicted molar refractivity (Wildman–Crippen MR) is 60.9 cm³/mol. The van der Waals surface area contributed by atoms with Crippen LogP contribution >= 0.6 is 0 Å². The van der Waals surface area contributed by atoms with Crippen molar-refractivity contribution in [1.29, 1.82) is 0 Å². The molecule has 0 aromatic heterocycles. The standard InChI is InChI=1S/C13H23NO/c1-10(14(2)3)11-8-12(4-5-12)15-13(9-11)6-7-13/h10-11H,4-9H2,1-3H3/t10-/m1/s1. The van der Waals surface area contributed by atoms with Crippen molar-refractivity contribution in [2.75, 3.05) is 14.1 Å². The third-order valence-corrected chi connectivity index (χ3v) is 4.81. The Morgan fingerprint density at radius 2 is 1.53 bits per heavy atom. The minimum atomic E-state index is 0.337. The lowest BCUT2D eigenvalue weighted by molar-refractivity contribution is -0.114. The number of nitrogens with zero attached hydrogens (tertiary/aromatic N) is 1. The summed E-state index contributed by atoms with van der Waals surface area (Å²) in [6, 6.07) is 0.712. The van der Waals surface area contributed by atoms with Gasteiger partial charge in [0.05, 0.1) is 11.2 Å². The molecule has 1 heterocycles. The molecule has 0 aromatic carbocycles. The van der Waals surface area contributed by atoms with Crippen molar-refractivity contribution in [3.8, 4) is 0 Å². The lowest BCUT2D eigenvalue weighted by Gasteiger charge is -2.41. The molecule has 1 atom stereocenters. The molecule has 0 amide bonds. The average Bonchev–Trinajstić information content (AvgIpc) is 3.07. The maximum absolute atomic E-state index is 6.32. The quantitative estimate of drug-likeness (QED) is 0.692. The summed E-state index contributed by atoms with van der Waals surface area (Å²) in [6.45, 7) is 2.38.